The Morgan fingerprint density at radius 1 is 0.914 bits per heavy atom. The molecule has 6 nitrogen and oxygen atoms in total. The Morgan fingerprint density at radius 3 is 2.37 bits per heavy atom. The highest BCUT2D eigenvalue weighted by atomic mass is 16.5. The summed E-state index contributed by atoms with van der Waals surface area (Å²) in [6.45, 7) is 3.92. The average Bonchev–Trinajstić information content (AvgIpc) is 3.25. The number of benzene rings is 2. The molecule has 1 aliphatic heterocycles. The Kier molecular flexibility index (Phi) is 6.93. The zero-order valence-electron chi connectivity index (χ0n) is 21.4. The Bertz CT molecular complexity index is 1270. The zero-order chi connectivity index (χ0) is 24.4. The van der Waals surface area contributed by atoms with Crippen LogP contribution in [0.25, 0.3) is 27.8 Å². The van der Waals surface area contributed by atoms with Crippen molar-refractivity contribution in [3.63, 3.8) is 0 Å². The van der Waals surface area contributed by atoms with Crippen LogP contribution in [-0.2, 0) is 0 Å². The number of nitrogens with zero attached hydrogens (tertiary/aromatic N) is 5. The average molecular weight is 472 g/mol. The van der Waals surface area contributed by atoms with Crippen LogP contribution in [0.3, 0.4) is 0 Å². The van der Waals surface area contributed by atoms with Gasteiger partial charge in [-0.15, -0.1) is 0 Å². The molecule has 3 heterocycles. The molecule has 1 fully saturated rings. The number of ether oxygens (including phenoxy) is 1. The second-order valence-electron chi connectivity index (χ2n) is 10.1. The molecule has 0 amide bonds. The number of hydrogen-bond acceptors (Lipinski definition) is 5. The second kappa shape index (κ2) is 10.3. The van der Waals surface area contributed by atoms with Crippen molar-refractivity contribution in [2.24, 2.45) is 0 Å². The summed E-state index contributed by atoms with van der Waals surface area (Å²) in [5.41, 5.74) is 6.88. The molecule has 2 aromatic carbocycles. The first-order valence-electron chi connectivity index (χ1n) is 12.7. The molecule has 0 N–H and O–H groups in total. The second-order valence-corrected chi connectivity index (χ2v) is 10.1. The predicted octanol–water partition coefficient (Wildman–Crippen LogP) is 5.02. The monoisotopic (exact) mass is 471 g/mol. The van der Waals surface area contributed by atoms with Crippen LogP contribution < -0.4 is 9.64 Å². The molecule has 0 radical (unpaired) electrons. The van der Waals surface area contributed by atoms with E-state index in [1.54, 1.807) is 0 Å². The van der Waals surface area contributed by atoms with Gasteiger partial charge in [0, 0.05) is 31.9 Å². The molecule has 6 heteroatoms. The maximum Gasteiger partial charge on any atom is 0.138 e. The summed E-state index contributed by atoms with van der Waals surface area (Å²) in [4.78, 5) is 12.0. The smallest absolute Gasteiger partial charge is 0.138 e. The van der Waals surface area contributed by atoms with E-state index in [1.807, 2.05) is 0 Å². The first kappa shape index (κ1) is 23.6. The summed E-state index contributed by atoms with van der Waals surface area (Å²) in [6.07, 6.45) is 5.63. The fourth-order valence-corrected chi connectivity index (χ4v) is 5.11. The standard InChI is InChI=1S/C29H37N5O/c1-31(2)17-6-20-35-25-12-9-22(10-13-25)23-11-14-28-30-26-7-5-8-27(29(26)34(28)21-23)33-18-15-24(16-19-33)32(3)4/h5,7-14,21,24H,6,15-20H2,1-4H3. The Labute approximate surface area is 208 Å². The summed E-state index contributed by atoms with van der Waals surface area (Å²) in [5.74, 6) is 0.921. The summed E-state index contributed by atoms with van der Waals surface area (Å²) in [7, 11) is 8.56. The van der Waals surface area contributed by atoms with E-state index in [9.17, 15) is 0 Å². The number of aromatic nitrogens is 2. The molecule has 1 aliphatic rings. The number of hydrogen-bond donors (Lipinski definition) is 0. The number of piperidine rings is 1. The number of fused-ring (bicyclic) bond motifs is 3. The Balaban J connectivity index is 1.40. The number of para-hydroxylation sites is 1. The van der Waals surface area contributed by atoms with Crippen LogP contribution in [0.15, 0.2) is 60.8 Å². The van der Waals surface area contributed by atoms with Crippen LogP contribution in [0.1, 0.15) is 19.3 Å². The van der Waals surface area contributed by atoms with Gasteiger partial charge in [-0.2, -0.15) is 0 Å². The topological polar surface area (TPSA) is 36.2 Å². The van der Waals surface area contributed by atoms with Crippen molar-refractivity contribution >= 4 is 22.4 Å². The largest absolute Gasteiger partial charge is 0.494 e. The third kappa shape index (κ3) is 5.14. The molecule has 4 aromatic rings. The molecule has 0 spiro atoms. The van der Waals surface area contributed by atoms with Crippen LogP contribution in [0, 0.1) is 0 Å². The van der Waals surface area contributed by atoms with Crippen LogP contribution in [0.2, 0.25) is 0 Å². The fraction of sp³-hybridized carbons (Fsp3) is 0.414. The van der Waals surface area contributed by atoms with E-state index in [1.165, 1.54) is 35.2 Å². The lowest BCUT2D eigenvalue weighted by Crippen LogP contribution is -2.42. The van der Waals surface area contributed by atoms with Crippen molar-refractivity contribution in [3.05, 3.63) is 60.8 Å². The lowest BCUT2D eigenvalue weighted by atomic mass is 10.0. The molecule has 5 rings (SSSR count). The summed E-state index contributed by atoms with van der Waals surface area (Å²) in [5, 5.41) is 0. The van der Waals surface area contributed by atoms with E-state index in [0.29, 0.717) is 6.04 Å². The van der Waals surface area contributed by atoms with Gasteiger partial charge in [-0.1, -0.05) is 18.2 Å². The van der Waals surface area contributed by atoms with Gasteiger partial charge < -0.3 is 19.4 Å². The van der Waals surface area contributed by atoms with Crippen molar-refractivity contribution < 1.29 is 4.74 Å². The molecule has 1 saturated heterocycles. The minimum absolute atomic E-state index is 0.666. The van der Waals surface area contributed by atoms with Crippen molar-refractivity contribution in [2.75, 3.05) is 59.3 Å². The lowest BCUT2D eigenvalue weighted by molar-refractivity contribution is 0.250. The molecule has 0 saturated carbocycles. The van der Waals surface area contributed by atoms with Gasteiger partial charge in [0.25, 0.3) is 0 Å². The first-order chi connectivity index (χ1) is 17.0. The van der Waals surface area contributed by atoms with Gasteiger partial charge in [-0.05, 0) is 95.0 Å². The van der Waals surface area contributed by atoms with E-state index in [-0.39, 0.29) is 0 Å². The minimum atomic E-state index is 0.666. The van der Waals surface area contributed by atoms with Crippen molar-refractivity contribution in [3.8, 4) is 16.9 Å². The normalized spacial score (nSPS) is 15.1. The Hall–Kier alpha value is -3.09. The van der Waals surface area contributed by atoms with Crippen LogP contribution >= 0.6 is 0 Å². The number of rotatable bonds is 8. The molecular formula is C29H37N5O. The minimum Gasteiger partial charge on any atom is -0.494 e. The maximum atomic E-state index is 5.92. The van der Waals surface area contributed by atoms with Gasteiger partial charge in [-0.25, -0.2) is 4.98 Å². The zero-order valence-corrected chi connectivity index (χ0v) is 21.4. The third-order valence-electron chi connectivity index (χ3n) is 7.14. The van der Waals surface area contributed by atoms with Crippen LogP contribution in [-0.4, -0.2) is 79.7 Å². The van der Waals surface area contributed by atoms with E-state index in [4.69, 9.17) is 9.72 Å². The van der Waals surface area contributed by atoms with Crippen LogP contribution in [0.4, 0.5) is 5.69 Å². The highest BCUT2D eigenvalue weighted by Gasteiger charge is 2.23. The van der Waals surface area contributed by atoms with Gasteiger partial charge in [-0.3, -0.25) is 4.40 Å². The predicted molar refractivity (Wildman–Crippen MR) is 146 cm³/mol. The molecular weight excluding hydrogens is 434 g/mol. The highest BCUT2D eigenvalue weighted by Crippen LogP contribution is 2.32. The summed E-state index contributed by atoms with van der Waals surface area (Å²) in [6, 6.07) is 19.9. The first-order valence-corrected chi connectivity index (χ1v) is 12.7. The van der Waals surface area contributed by atoms with Crippen molar-refractivity contribution in [1.82, 2.24) is 19.2 Å². The Morgan fingerprint density at radius 2 is 1.66 bits per heavy atom. The van der Waals surface area contributed by atoms with Crippen LogP contribution in [0.5, 0.6) is 5.75 Å². The molecule has 0 atom stereocenters. The highest BCUT2D eigenvalue weighted by molar-refractivity contribution is 5.92. The van der Waals surface area contributed by atoms with E-state index in [0.717, 1.165) is 49.6 Å². The lowest BCUT2D eigenvalue weighted by Gasteiger charge is -2.36. The fourth-order valence-electron chi connectivity index (χ4n) is 5.11. The van der Waals surface area contributed by atoms with E-state index < -0.39 is 0 Å². The maximum absolute atomic E-state index is 5.92. The molecule has 2 aromatic heterocycles. The molecule has 0 bridgehead atoms. The van der Waals surface area contributed by atoms with E-state index in [2.05, 4.69) is 108 Å². The quantitative estimate of drug-likeness (QED) is 0.338. The van der Waals surface area contributed by atoms with E-state index >= 15 is 0 Å². The molecule has 0 unspecified atom stereocenters. The van der Waals surface area contributed by atoms with Crippen molar-refractivity contribution in [1.29, 1.82) is 0 Å². The third-order valence-corrected chi connectivity index (χ3v) is 7.14. The number of anilines is 1. The van der Waals surface area contributed by atoms with Gasteiger partial charge in [0.05, 0.1) is 23.3 Å². The van der Waals surface area contributed by atoms with Gasteiger partial charge in [0.15, 0.2) is 0 Å². The molecule has 35 heavy (non-hydrogen) atoms. The summed E-state index contributed by atoms with van der Waals surface area (Å²) < 4.78 is 8.19. The molecule has 0 aliphatic carbocycles. The molecule has 184 valence electrons. The van der Waals surface area contributed by atoms with Crippen molar-refractivity contribution in [2.45, 2.75) is 25.3 Å². The number of imidazole rings is 1. The van der Waals surface area contributed by atoms with Gasteiger partial charge >= 0.3 is 0 Å². The number of pyridine rings is 1. The summed E-state index contributed by atoms with van der Waals surface area (Å²) >= 11 is 0. The van der Waals surface area contributed by atoms with Gasteiger partial charge in [0.2, 0.25) is 0 Å². The van der Waals surface area contributed by atoms with Gasteiger partial charge in [0.1, 0.15) is 11.4 Å². The SMILES string of the molecule is CN(C)CCCOc1ccc(-c2ccc3nc4cccc(N5CCC(N(C)C)CC5)c4n3c2)cc1.